The van der Waals surface area contributed by atoms with Gasteiger partial charge in [-0.25, -0.2) is 0 Å². The van der Waals surface area contributed by atoms with Crippen LogP contribution < -0.4 is 10.6 Å². The van der Waals surface area contributed by atoms with E-state index in [1.807, 2.05) is 6.07 Å². The van der Waals surface area contributed by atoms with E-state index in [1.165, 1.54) is 0 Å². The number of nitrogens with two attached hydrogens (primary N) is 1. The number of hydrogen-bond donors (Lipinski definition) is 2. The van der Waals surface area contributed by atoms with Crippen LogP contribution in [0.25, 0.3) is 0 Å². The zero-order valence-electron chi connectivity index (χ0n) is 11.2. The molecule has 1 rings (SSSR count). The van der Waals surface area contributed by atoms with Crippen molar-refractivity contribution >= 4 is 21.6 Å². The van der Waals surface area contributed by atoms with E-state index in [2.05, 4.69) is 46.8 Å². The van der Waals surface area contributed by atoms with Crippen molar-refractivity contribution in [1.29, 1.82) is 0 Å². The first-order valence-corrected chi connectivity index (χ1v) is 7.32. The lowest BCUT2D eigenvalue weighted by atomic mass is 10.1. The lowest BCUT2D eigenvalue weighted by Gasteiger charge is -2.32. The summed E-state index contributed by atoms with van der Waals surface area (Å²) in [5.41, 5.74) is 7.95. The molecule has 1 aromatic rings. The lowest BCUT2D eigenvalue weighted by molar-refractivity contribution is 0.296. The summed E-state index contributed by atoms with van der Waals surface area (Å²) in [4.78, 5) is 2.27. The van der Waals surface area contributed by atoms with Crippen LogP contribution in [0.3, 0.4) is 0 Å². The topological polar surface area (TPSA) is 49.5 Å². The fourth-order valence-corrected chi connectivity index (χ4v) is 2.81. The number of rotatable bonds is 7. The fraction of sp³-hybridized carbons (Fsp3) is 0.571. The number of nitrogens with zero attached hydrogens (tertiary/aromatic N) is 1. The summed E-state index contributed by atoms with van der Waals surface area (Å²) in [6.45, 7) is 5.72. The second-order valence-electron chi connectivity index (χ2n) is 4.41. The van der Waals surface area contributed by atoms with Crippen LogP contribution in [0.4, 0.5) is 5.69 Å². The van der Waals surface area contributed by atoms with Crippen LogP contribution in [0, 0.1) is 0 Å². The van der Waals surface area contributed by atoms with Crippen LogP contribution in [0.2, 0.25) is 0 Å². The van der Waals surface area contributed by atoms with E-state index in [-0.39, 0.29) is 6.61 Å². The molecule has 0 atom stereocenters. The second kappa shape index (κ2) is 7.77. The Morgan fingerprint density at radius 2 is 1.94 bits per heavy atom. The zero-order chi connectivity index (χ0) is 13.5. The summed E-state index contributed by atoms with van der Waals surface area (Å²) in [5.74, 6) is 0. The van der Waals surface area contributed by atoms with E-state index in [1.54, 1.807) is 0 Å². The molecule has 4 heteroatoms. The lowest BCUT2D eigenvalue weighted by Crippen LogP contribution is -2.36. The van der Waals surface area contributed by atoms with Crippen LogP contribution in [-0.4, -0.2) is 24.3 Å². The molecule has 1 aromatic carbocycles. The largest absolute Gasteiger partial charge is 0.395 e. The Balaban J connectivity index is 3.07. The highest BCUT2D eigenvalue weighted by molar-refractivity contribution is 9.10. The van der Waals surface area contributed by atoms with Gasteiger partial charge in [0.05, 0.1) is 6.61 Å². The third kappa shape index (κ3) is 3.97. The van der Waals surface area contributed by atoms with Gasteiger partial charge in [-0.15, -0.1) is 0 Å². The van der Waals surface area contributed by atoms with Crippen molar-refractivity contribution in [2.75, 3.05) is 18.1 Å². The molecule has 0 amide bonds. The van der Waals surface area contributed by atoms with Crippen LogP contribution >= 0.6 is 15.9 Å². The summed E-state index contributed by atoms with van der Waals surface area (Å²) < 4.78 is 1.04. The summed E-state index contributed by atoms with van der Waals surface area (Å²) in [5, 5.41) is 9.26. The molecule has 0 unspecified atom stereocenters. The molecular weight excluding hydrogens is 292 g/mol. The minimum absolute atomic E-state index is 0.168. The monoisotopic (exact) mass is 314 g/mol. The Hall–Kier alpha value is -0.580. The molecule has 0 aliphatic heterocycles. The average Bonchev–Trinajstić information content (AvgIpc) is 2.38. The van der Waals surface area contributed by atoms with Crippen molar-refractivity contribution in [3.05, 3.63) is 28.2 Å². The van der Waals surface area contributed by atoms with E-state index < -0.39 is 0 Å². The van der Waals surface area contributed by atoms with Crippen molar-refractivity contribution in [3.8, 4) is 0 Å². The molecule has 0 bridgehead atoms. The Morgan fingerprint density at radius 3 is 2.44 bits per heavy atom. The van der Waals surface area contributed by atoms with Gasteiger partial charge in [0, 0.05) is 29.3 Å². The SMILES string of the molecule is CCC(CC)N(CCO)c1cc(Br)cc(CN)c1. The van der Waals surface area contributed by atoms with E-state index in [0.717, 1.165) is 28.6 Å². The third-order valence-electron chi connectivity index (χ3n) is 3.23. The number of benzene rings is 1. The van der Waals surface area contributed by atoms with Crippen LogP contribution in [0.15, 0.2) is 22.7 Å². The first kappa shape index (κ1) is 15.5. The maximum atomic E-state index is 9.26. The average molecular weight is 315 g/mol. The standard InChI is InChI=1S/C14H23BrN2O/c1-3-13(4-2)17(5-6-18)14-8-11(10-16)7-12(15)9-14/h7-9,13,18H,3-6,10,16H2,1-2H3. The summed E-state index contributed by atoms with van der Waals surface area (Å²) in [6.07, 6.45) is 2.14. The normalized spacial score (nSPS) is 11.0. The highest BCUT2D eigenvalue weighted by atomic mass is 79.9. The Bertz CT molecular complexity index is 367. The first-order valence-electron chi connectivity index (χ1n) is 6.53. The van der Waals surface area contributed by atoms with Crippen molar-refractivity contribution in [1.82, 2.24) is 0 Å². The van der Waals surface area contributed by atoms with Gasteiger partial charge in [-0.2, -0.15) is 0 Å². The molecule has 3 nitrogen and oxygen atoms in total. The van der Waals surface area contributed by atoms with Gasteiger partial charge < -0.3 is 15.7 Å². The summed E-state index contributed by atoms with van der Waals surface area (Å²) in [6, 6.07) is 6.69. The maximum absolute atomic E-state index is 9.26. The van der Waals surface area contributed by atoms with Gasteiger partial charge in [0.2, 0.25) is 0 Å². The Morgan fingerprint density at radius 1 is 1.28 bits per heavy atom. The highest BCUT2D eigenvalue weighted by Gasteiger charge is 2.16. The minimum Gasteiger partial charge on any atom is -0.395 e. The van der Waals surface area contributed by atoms with Crippen LogP contribution in [-0.2, 0) is 6.54 Å². The maximum Gasteiger partial charge on any atom is 0.0606 e. The molecule has 0 radical (unpaired) electrons. The molecule has 0 spiro atoms. The van der Waals surface area contributed by atoms with Crippen molar-refractivity contribution in [3.63, 3.8) is 0 Å². The molecule has 0 aliphatic carbocycles. The molecule has 0 aromatic heterocycles. The summed E-state index contributed by atoms with van der Waals surface area (Å²) in [7, 11) is 0. The Kier molecular flexibility index (Phi) is 6.68. The van der Waals surface area contributed by atoms with Gasteiger partial charge in [-0.1, -0.05) is 29.8 Å². The Labute approximate surface area is 118 Å². The fourth-order valence-electron chi connectivity index (χ4n) is 2.28. The van der Waals surface area contributed by atoms with Gasteiger partial charge in [-0.3, -0.25) is 0 Å². The third-order valence-corrected chi connectivity index (χ3v) is 3.69. The summed E-state index contributed by atoms with van der Waals surface area (Å²) >= 11 is 3.52. The van der Waals surface area contributed by atoms with Gasteiger partial charge in [0.1, 0.15) is 0 Å². The molecule has 102 valence electrons. The van der Waals surface area contributed by atoms with E-state index in [0.29, 0.717) is 19.1 Å². The minimum atomic E-state index is 0.168. The van der Waals surface area contributed by atoms with Crippen molar-refractivity contribution < 1.29 is 5.11 Å². The van der Waals surface area contributed by atoms with Crippen LogP contribution in [0.5, 0.6) is 0 Å². The van der Waals surface area contributed by atoms with E-state index >= 15 is 0 Å². The number of halogens is 1. The molecule has 0 fully saturated rings. The molecule has 3 N–H and O–H groups in total. The van der Waals surface area contributed by atoms with Gasteiger partial charge >= 0.3 is 0 Å². The second-order valence-corrected chi connectivity index (χ2v) is 5.32. The molecular formula is C14H23BrN2O. The van der Waals surface area contributed by atoms with Crippen molar-refractivity contribution in [2.45, 2.75) is 39.3 Å². The van der Waals surface area contributed by atoms with Crippen LogP contribution in [0.1, 0.15) is 32.3 Å². The number of anilines is 1. The first-order chi connectivity index (χ1) is 8.65. The van der Waals surface area contributed by atoms with E-state index in [9.17, 15) is 5.11 Å². The van der Waals surface area contributed by atoms with E-state index in [4.69, 9.17) is 5.73 Å². The molecule has 0 heterocycles. The molecule has 18 heavy (non-hydrogen) atoms. The molecule has 0 saturated carbocycles. The van der Waals surface area contributed by atoms with Gasteiger partial charge in [0.25, 0.3) is 0 Å². The zero-order valence-corrected chi connectivity index (χ0v) is 12.8. The number of aliphatic hydroxyl groups excluding tert-OH is 1. The van der Waals surface area contributed by atoms with Gasteiger partial charge in [-0.05, 0) is 36.6 Å². The predicted octanol–water partition coefficient (Wildman–Crippen LogP) is 2.90. The highest BCUT2D eigenvalue weighted by Crippen LogP contribution is 2.26. The molecule has 0 aliphatic rings. The number of aliphatic hydroxyl groups is 1. The van der Waals surface area contributed by atoms with Crippen molar-refractivity contribution in [2.24, 2.45) is 5.73 Å². The predicted molar refractivity (Wildman–Crippen MR) is 80.8 cm³/mol. The van der Waals surface area contributed by atoms with Gasteiger partial charge in [0.15, 0.2) is 0 Å². The molecule has 0 saturated heterocycles. The quantitative estimate of drug-likeness (QED) is 0.813. The number of hydrogen-bond acceptors (Lipinski definition) is 3. The smallest absolute Gasteiger partial charge is 0.0606 e.